The van der Waals surface area contributed by atoms with E-state index in [0.717, 1.165) is 16.5 Å². The highest BCUT2D eigenvalue weighted by atomic mass is 79.9. The maximum Gasteiger partial charge on any atom is 0.261 e. The Morgan fingerprint density at radius 1 is 0.969 bits per heavy atom. The van der Waals surface area contributed by atoms with Crippen LogP contribution < -0.4 is 24.8 Å². The predicted octanol–water partition coefficient (Wildman–Crippen LogP) is 5.21. The third kappa shape index (κ3) is 6.45. The second kappa shape index (κ2) is 11.5. The van der Waals surface area contributed by atoms with Gasteiger partial charge < -0.3 is 19.5 Å². The molecule has 166 valence electrons. The van der Waals surface area contributed by atoms with Crippen LogP contribution in [0.2, 0.25) is 0 Å². The van der Waals surface area contributed by atoms with Gasteiger partial charge in [-0.25, -0.2) is 0 Å². The molecule has 0 saturated heterocycles. The molecule has 0 bridgehead atoms. The van der Waals surface area contributed by atoms with Crippen LogP contribution in [0.25, 0.3) is 0 Å². The summed E-state index contributed by atoms with van der Waals surface area (Å²) in [6, 6.07) is 20.5. The molecule has 0 unspecified atom stereocenters. The number of hydrogen-bond donors (Lipinski definition) is 2. The zero-order chi connectivity index (χ0) is 22.9. The maximum atomic E-state index is 12.9. The number of methoxy groups -OCH3 is 2. The van der Waals surface area contributed by atoms with Gasteiger partial charge in [0.15, 0.2) is 5.11 Å². The summed E-state index contributed by atoms with van der Waals surface area (Å²) in [7, 11) is 3.12. The van der Waals surface area contributed by atoms with Crippen LogP contribution >= 0.6 is 28.1 Å². The molecule has 3 aromatic rings. The minimum absolute atomic E-state index is 0.122. The summed E-state index contributed by atoms with van der Waals surface area (Å²) in [5.41, 5.74) is 2.10. The van der Waals surface area contributed by atoms with Crippen LogP contribution in [-0.2, 0) is 6.42 Å². The van der Waals surface area contributed by atoms with Crippen LogP contribution in [0, 0.1) is 0 Å². The first-order valence-electron chi connectivity index (χ1n) is 9.81. The Balaban J connectivity index is 1.67. The van der Waals surface area contributed by atoms with E-state index in [0.29, 0.717) is 35.1 Å². The molecule has 0 saturated carbocycles. The number of ether oxygens (including phenoxy) is 3. The highest BCUT2D eigenvalue weighted by Crippen LogP contribution is 2.29. The number of hydrogen-bond acceptors (Lipinski definition) is 5. The molecular weight excluding hydrogens is 492 g/mol. The third-order valence-corrected chi connectivity index (χ3v) is 5.26. The minimum Gasteiger partial charge on any atom is -0.497 e. The quantitative estimate of drug-likeness (QED) is 0.402. The molecule has 3 rings (SSSR count). The average Bonchev–Trinajstić information content (AvgIpc) is 2.80. The van der Waals surface area contributed by atoms with Gasteiger partial charge in [0.05, 0.1) is 32.1 Å². The molecule has 0 heterocycles. The Labute approximate surface area is 201 Å². The lowest BCUT2D eigenvalue weighted by Gasteiger charge is -2.15. The van der Waals surface area contributed by atoms with Gasteiger partial charge in [0, 0.05) is 17.0 Å². The molecule has 6 nitrogen and oxygen atoms in total. The van der Waals surface area contributed by atoms with E-state index in [9.17, 15) is 4.79 Å². The maximum absolute atomic E-state index is 12.9. The van der Waals surface area contributed by atoms with Crippen molar-refractivity contribution in [3.05, 3.63) is 82.3 Å². The van der Waals surface area contributed by atoms with Crippen molar-refractivity contribution in [2.24, 2.45) is 0 Å². The average molecular weight is 515 g/mol. The largest absolute Gasteiger partial charge is 0.497 e. The first-order chi connectivity index (χ1) is 15.5. The van der Waals surface area contributed by atoms with Crippen molar-refractivity contribution in [1.82, 2.24) is 5.32 Å². The van der Waals surface area contributed by atoms with E-state index in [4.69, 9.17) is 26.4 Å². The van der Waals surface area contributed by atoms with Gasteiger partial charge in [-0.15, -0.1) is 0 Å². The van der Waals surface area contributed by atoms with Crippen LogP contribution in [-0.4, -0.2) is 31.8 Å². The number of nitrogens with one attached hydrogen (secondary N) is 2. The Morgan fingerprint density at radius 2 is 1.72 bits per heavy atom. The second-order valence-corrected chi connectivity index (χ2v) is 8.02. The monoisotopic (exact) mass is 514 g/mol. The topological polar surface area (TPSA) is 68.8 Å². The fourth-order valence-electron chi connectivity index (χ4n) is 2.96. The SMILES string of the molecule is COc1ccc(OC)c(NC(=S)NC(=O)c2cc(Br)ccc2OCCc2ccccc2)c1. The summed E-state index contributed by atoms with van der Waals surface area (Å²) in [5, 5.41) is 5.79. The van der Waals surface area contributed by atoms with Crippen LogP contribution in [0.5, 0.6) is 17.2 Å². The molecule has 0 aliphatic heterocycles. The van der Waals surface area contributed by atoms with Gasteiger partial charge >= 0.3 is 0 Å². The number of anilines is 1. The van der Waals surface area contributed by atoms with Gasteiger partial charge in [-0.1, -0.05) is 46.3 Å². The summed E-state index contributed by atoms with van der Waals surface area (Å²) in [6.45, 7) is 0.440. The minimum atomic E-state index is -0.389. The van der Waals surface area contributed by atoms with Gasteiger partial charge in [-0.2, -0.15) is 0 Å². The van der Waals surface area contributed by atoms with E-state index in [1.807, 2.05) is 36.4 Å². The van der Waals surface area contributed by atoms with Gasteiger partial charge in [0.1, 0.15) is 17.2 Å². The molecule has 8 heteroatoms. The van der Waals surface area contributed by atoms with Crippen LogP contribution in [0.15, 0.2) is 71.2 Å². The lowest BCUT2D eigenvalue weighted by atomic mass is 10.1. The number of amides is 1. The van der Waals surface area contributed by atoms with Crippen molar-refractivity contribution in [3.63, 3.8) is 0 Å². The zero-order valence-corrected chi connectivity index (χ0v) is 20.1. The zero-order valence-electron chi connectivity index (χ0n) is 17.7. The molecule has 0 aliphatic rings. The number of carbonyl (C=O) groups excluding carboxylic acids is 1. The lowest BCUT2D eigenvalue weighted by molar-refractivity contribution is 0.0973. The van der Waals surface area contributed by atoms with E-state index >= 15 is 0 Å². The fourth-order valence-corrected chi connectivity index (χ4v) is 3.53. The highest BCUT2D eigenvalue weighted by molar-refractivity contribution is 9.10. The Kier molecular flexibility index (Phi) is 8.47. The fraction of sp³-hybridized carbons (Fsp3) is 0.167. The standard InChI is InChI=1S/C24H23BrN2O4S/c1-29-18-9-11-22(30-2)20(15-18)26-24(32)27-23(28)19-14-17(25)8-10-21(19)31-13-12-16-6-4-3-5-7-16/h3-11,14-15H,12-13H2,1-2H3,(H2,26,27,28,32). The van der Waals surface area contributed by atoms with Crippen molar-refractivity contribution >= 4 is 44.9 Å². The molecule has 0 radical (unpaired) electrons. The van der Waals surface area contributed by atoms with Gasteiger partial charge in [-0.05, 0) is 48.1 Å². The van der Waals surface area contributed by atoms with E-state index in [1.54, 1.807) is 44.6 Å². The first kappa shape index (κ1) is 23.6. The summed E-state index contributed by atoms with van der Waals surface area (Å²) < 4.78 is 17.2. The van der Waals surface area contributed by atoms with Crippen LogP contribution in [0.3, 0.4) is 0 Å². The summed E-state index contributed by atoms with van der Waals surface area (Å²) in [6.07, 6.45) is 0.730. The van der Waals surface area contributed by atoms with E-state index in [1.165, 1.54) is 0 Å². The number of halogens is 1. The molecular formula is C24H23BrN2O4S. The van der Waals surface area contributed by atoms with Crippen molar-refractivity contribution in [1.29, 1.82) is 0 Å². The Bertz CT molecular complexity index is 1090. The smallest absolute Gasteiger partial charge is 0.261 e. The van der Waals surface area contributed by atoms with Crippen molar-refractivity contribution in [3.8, 4) is 17.2 Å². The summed E-state index contributed by atoms with van der Waals surface area (Å²) in [4.78, 5) is 12.9. The number of rotatable bonds is 8. The van der Waals surface area contributed by atoms with E-state index in [2.05, 4.69) is 26.6 Å². The molecule has 0 aromatic heterocycles. The summed E-state index contributed by atoms with van der Waals surface area (Å²) >= 11 is 8.74. The molecule has 0 spiro atoms. The first-order valence-corrected chi connectivity index (χ1v) is 11.0. The lowest BCUT2D eigenvalue weighted by Crippen LogP contribution is -2.34. The Hall–Kier alpha value is -3.10. The van der Waals surface area contributed by atoms with E-state index < -0.39 is 0 Å². The third-order valence-electron chi connectivity index (χ3n) is 4.56. The van der Waals surface area contributed by atoms with E-state index in [-0.39, 0.29) is 11.0 Å². The number of thiocarbonyl (C=S) groups is 1. The molecule has 3 aromatic carbocycles. The van der Waals surface area contributed by atoms with Gasteiger partial charge in [0.25, 0.3) is 5.91 Å². The molecule has 0 atom stereocenters. The second-order valence-electron chi connectivity index (χ2n) is 6.70. The van der Waals surface area contributed by atoms with Gasteiger partial charge in [-0.3, -0.25) is 10.1 Å². The van der Waals surface area contributed by atoms with Crippen LogP contribution in [0.1, 0.15) is 15.9 Å². The number of carbonyl (C=O) groups is 1. The normalized spacial score (nSPS) is 10.2. The molecule has 0 fully saturated rings. The van der Waals surface area contributed by atoms with Crippen LogP contribution in [0.4, 0.5) is 5.69 Å². The number of benzene rings is 3. The van der Waals surface area contributed by atoms with Crippen molar-refractivity contribution in [2.75, 3.05) is 26.1 Å². The molecule has 32 heavy (non-hydrogen) atoms. The predicted molar refractivity (Wildman–Crippen MR) is 133 cm³/mol. The van der Waals surface area contributed by atoms with Gasteiger partial charge in [0.2, 0.25) is 0 Å². The van der Waals surface area contributed by atoms with Crippen molar-refractivity contribution < 1.29 is 19.0 Å². The molecule has 2 N–H and O–H groups in total. The van der Waals surface area contributed by atoms with Crippen molar-refractivity contribution in [2.45, 2.75) is 6.42 Å². The summed E-state index contributed by atoms with van der Waals surface area (Å²) in [5.74, 6) is 1.28. The Morgan fingerprint density at radius 3 is 2.44 bits per heavy atom. The molecule has 1 amide bonds. The highest BCUT2D eigenvalue weighted by Gasteiger charge is 2.16. The molecule has 0 aliphatic carbocycles.